The SMILES string of the molecule is COC(=O)[C@H](CC(C)C)NC(=O)[C@@H](N)CCC(N)=O. The van der Waals surface area contributed by atoms with Gasteiger partial charge in [-0.05, 0) is 18.8 Å². The van der Waals surface area contributed by atoms with Gasteiger partial charge in [-0.15, -0.1) is 0 Å². The zero-order valence-electron chi connectivity index (χ0n) is 11.6. The number of carbonyl (C=O) groups excluding carboxylic acids is 3. The maximum absolute atomic E-state index is 11.8. The van der Waals surface area contributed by atoms with E-state index in [1.54, 1.807) is 0 Å². The molecule has 0 bridgehead atoms. The van der Waals surface area contributed by atoms with Crippen LogP contribution in [-0.4, -0.2) is 37.0 Å². The summed E-state index contributed by atoms with van der Waals surface area (Å²) in [4.78, 5) is 33.9. The first-order valence-electron chi connectivity index (χ1n) is 6.20. The van der Waals surface area contributed by atoms with Gasteiger partial charge < -0.3 is 21.5 Å². The summed E-state index contributed by atoms with van der Waals surface area (Å²) >= 11 is 0. The summed E-state index contributed by atoms with van der Waals surface area (Å²) in [5.74, 6) is -1.30. The number of esters is 1. The number of nitrogens with two attached hydrogens (primary N) is 2. The highest BCUT2D eigenvalue weighted by atomic mass is 16.5. The third-order valence-corrected chi connectivity index (χ3v) is 2.55. The lowest BCUT2D eigenvalue weighted by Crippen LogP contribution is -2.49. The van der Waals surface area contributed by atoms with Crippen molar-refractivity contribution < 1.29 is 19.1 Å². The van der Waals surface area contributed by atoms with Gasteiger partial charge in [0.2, 0.25) is 11.8 Å². The van der Waals surface area contributed by atoms with Gasteiger partial charge in [0.1, 0.15) is 6.04 Å². The smallest absolute Gasteiger partial charge is 0.328 e. The third-order valence-electron chi connectivity index (χ3n) is 2.55. The molecule has 0 aromatic rings. The fourth-order valence-electron chi connectivity index (χ4n) is 1.54. The van der Waals surface area contributed by atoms with Gasteiger partial charge >= 0.3 is 5.97 Å². The van der Waals surface area contributed by atoms with E-state index in [-0.39, 0.29) is 18.8 Å². The predicted molar refractivity (Wildman–Crippen MR) is 69.8 cm³/mol. The Balaban J connectivity index is 4.44. The average Bonchev–Trinajstić information content (AvgIpc) is 2.33. The second kappa shape index (κ2) is 8.47. The summed E-state index contributed by atoms with van der Waals surface area (Å²) < 4.78 is 4.62. The van der Waals surface area contributed by atoms with Crippen LogP contribution in [0, 0.1) is 5.92 Å². The Labute approximate surface area is 113 Å². The number of hydrogen-bond donors (Lipinski definition) is 3. The van der Waals surface area contributed by atoms with Gasteiger partial charge in [-0.2, -0.15) is 0 Å². The maximum atomic E-state index is 11.8. The lowest BCUT2D eigenvalue weighted by atomic mass is 10.0. The highest BCUT2D eigenvalue weighted by Crippen LogP contribution is 2.07. The van der Waals surface area contributed by atoms with Crippen LogP contribution in [0.3, 0.4) is 0 Å². The third kappa shape index (κ3) is 7.40. The van der Waals surface area contributed by atoms with Crippen molar-refractivity contribution in [2.45, 2.75) is 45.2 Å². The molecule has 2 atom stereocenters. The lowest BCUT2D eigenvalue weighted by Gasteiger charge is -2.20. The second-order valence-corrected chi connectivity index (χ2v) is 4.83. The van der Waals surface area contributed by atoms with Crippen molar-refractivity contribution in [1.82, 2.24) is 5.32 Å². The molecular weight excluding hydrogens is 250 g/mol. The topological polar surface area (TPSA) is 125 Å². The number of rotatable bonds is 8. The Kier molecular flexibility index (Phi) is 7.74. The summed E-state index contributed by atoms with van der Waals surface area (Å²) in [6, 6.07) is -1.59. The predicted octanol–water partition coefficient (Wildman–Crippen LogP) is -0.717. The van der Waals surface area contributed by atoms with Gasteiger partial charge in [-0.25, -0.2) is 4.79 Å². The Morgan fingerprint density at radius 1 is 1.26 bits per heavy atom. The van der Waals surface area contributed by atoms with Crippen LogP contribution in [0.5, 0.6) is 0 Å². The van der Waals surface area contributed by atoms with Crippen molar-refractivity contribution in [3.63, 3.8) is 0 Å². The quantitative estimate of drug-likeness (QED) is 0.503. The molecule has 0 saturated heterocycles. The van der Waals surface area contributed by atoms with Crippen LogP contribution in [0.4, 0.5) is 0 Å². The molecule has 5 N–H and O–H groups in total. The van der Waals surface area contributed by atoms with Crippen LogP contribution in [0.2, 0.25) is 0 Å². The van der Waals surface area contributed by atoms with E-state index in [2.05, 4.69) is 10.1 Å². The van der Waals surface area contributed by atoms with E-state index < -0.39 is 29.9 Å². The summed E-state index contributed by atoms with van der Waals surface area (Å²) in [5.41, 5.74) is 10.6. The molecule has 0 aliphatic rings. The Hall–Kier alpha value is -1.63. The van der Waals surface area contributed by atoms with Crippen molar-refractivity contribution in [1.29, 1.82) is 0 Å². The number of amides is 2. The molecule has 110 valence electrons. The van der Waals surface area contributed by atoms with Crippen molar-refractivity contribution in [3.8, 4) is 0 Å². The van der Waals surface area contributed by atoms with Gasteiger partial charge in [0.05, 0.1) is 13.2 Å². The minimum absolute atomic E-state index is 0.0294. The van der Waals surface area contributed by atoms with E-state index >= 15 is 0 Å². The van der Waals surface area contributed by atoms with E-state index in [9.17, 15) is 14.4 Å². The summed E-state index contributed by atoms with van der Waals surface area (Å²) in [5, 5.41) is 2.53. The van der Waals surface area contributed by atoms with Crippen LogP contribution in [0.25, 0.3) is 0 Å². The lowest BCUT2D eigenvalue weighted by molar-refractivity contribution is -0.145. The van der Waals surface area contributed by atoms with E-state index in [1.165, 1.54) is 7.11 Å². The van der Waals surface area contributed by atoms with Crippen LogP contribution in [-0.2, 0) is 19.1 Å². The van der Waals surface area contributed by atoms with Gasteiger partial charge in [0.15, 0.2) is 0 Å². The van der Waals surface area contributed by atoms with Crippen molar-refractivity contribution in [2.75, 3.05) is 7.11 Å². The molecule has 0 rings (SSSR count). The summed E-state index contributed by atoms with van der Waals surface area (Å²) in [6.07, 6.45) is 0.638. The first-order valence-corrected chi connectivity index (χ1v) is 6.20. The molecule has 7 heteroatoms. The van der Waals surface area contributed by atoms with Gasteiger partial charge in [-0.3, -0.25) is 9.59 Å². The van der Waals surface area contributed by atoms with E-state index in [4.69, 9.17) is 11.5 Å². The van der Waals surface area contributed by atoms with Crippen LogP contribution in [0.1, 0.15) is 33.1 Å². The number of ether oxygens (including phenoxy) is 1. The number of nitrogens with one attached hydrogen (secondary N) is 1. The maximum Gasteiger partial charge on any atom is 0.328 e. The van der Waals surface area contributed by atoms with E-state index in [0.717, 1.165) is 0 Å². The molecule has 0 unspecified atom stereocenters. The highest BCUT2D eigenvalue weighted by molar-refractivity contribution is 5.87. The summed E-state index contributed by atoms with van der Waals surface area (Å²) in [7, 11) is 1.26. The minimum Gasteiger partial charge on any atom is -0.467 e. The van der Waals surface area contributed by atoms with Crippen LogP contribution in [0.15, 0.2) is 0 Å². The Bertz CT molecular complexity index is 331. The molecule has 7 nitrogen and oxygen atoms in total. The highest BCUT2D eigenvalue weighted by Gasteiger charge is 2.25. The largest absolute Gasteiger partial charge is 0.467 e. The molecule has 0 spiro atoms. The number of carbonyl (C=O) groups is 3. The molecule has 0 heterocycles. The van der Waals surface area contributed by atoms with Crippen molar-refractivity contribution in [2.24, 2.45) is 17.4 Å². The Morgan fingerprint density at radius 3 is 2.26 bits per heavy atom. The number of primary amides is 1. The molecule has 0 saturated carbocycles. The fraction of sp³-hybridized carbons (Fsp3) is 0.750. The monoisotopic (exact) mass is 273 g/mol. The standard InChI is InChI=1S/C12H23N3O4/c1-7(2)6-9(12(18)19-3)15-11(17)8(13)4-5-10(14)16/h7-9H,4-6,13H2,1-3H3,(H2,14,16)(H,15,17)/t8-,9-/m0/s1. The molecular formula is C12H23N3O4. The van der Waals surface area contributed by atoms with Gasteiger partial charge in [-0.1, -0.05) is 13.8 Å². The van der Waals surface area contributed by atoms with Crippen LogP contribution >= 0.6 is 0 Å². The zero-order chi connectivity index (χ0) is 15.0. The van der Waals surface area contributed by atoms with Crippen LogP contribution < -0.4 is 16.8 Å². The zero-order valence-corrected chi connectivity index (χ0v) is 11.6. The van der Waals surface area contributed by atoms with Crippen molar-refractivity contribution in [3.05, 3.63) is 0 Å². The first kappa shape index (κ1) is 17.4. The second-order valence-electron chi connectivity index (χ2n) is 4.83. The molecule has 0 aliphatic carbocycles. The Morgan fingerprint density at radius 2 is 1.84 bits per heavy atom. The fourth-order valence-corrected chi connectivity index (χ4v) is 1.54. The molecule has 0 aromatic heterocycles. The molecule has 0 aliphatic heterocycles. The van der Waals surface area contributed by atoms with Gasteiger partial charge in [0, 0.05) is 6.42 Å². The molecule has 0 radical (unpaired) electrons. The normalized spacial score (nSPS) is 13.7. The number of hydrogen-bond acceptors (Lipinski definition) is 5. The molecule has 2 amide bonds. The van der Waals surface area contributed by atoms with Crippen molar-refractivity contribution >= 4 is 17.8 Å². The molecule has 19 heavy (non-hydrogen) atoms. The average molecular weight is 273 g/mol. The molecule has 0 fully saturated rings. The number of methoxy groups -OCH3 is 1. The van der Waals surface area contributed by atoms with E-state index in [0.29, 0.717) is 6.42 Å². The first-order chi connectivity index (χ1) is 8.77. The summed E-state index contributed by atoms with van der Waals surface area (Å²) in [6.45, 7) is 3.85. The molecule has 0 aromatic carbocycles. The van der Waals surface area contributed by atoms with Gasteiger partial charge in [0.25, 0.3) is 0 Å². The van der Waals surface area contributed by atoms with E-state index in [1.807, 2.05) is 13.8 Å². The minimum atomic E-state index is -0.869.